The third kappa shape index (κ3) is 5.20. The van der Waals surface area contributed by atoms with Gasteiger partial charge in [-0.15, -0.1) is 10.2 Å². The lowest BCUT2D eigenvalue weighted by molar-refractivity contribution is 0.402. The predicted octanol–water partition coefficient (Wildman–Crippen LogP) is 3.78. The Morgan fingerprint density at radius 2 is 1.90 bits per heavy atom. The van der Waals surface area contributed by atoms with Gasteiger partial charge in [-0.1, -0.05) is 11.8 Å². The molecule has 1 aromatic carbocycles. The molecule has 3 aromatic rings. The summed E-state index contributed by atoms with van der Waals surface area (Å²) in [6.45, 7) is 1.92. The lowest BCUT2D eigenvalue weighted by Crippen LogP contribution is -2.06. The molecule has 0 spiro atoms. The number of aromatic nitrogens is 3. The first-order valence-corrected chi connectivity index (χ1v) is 9.73. The first-order valence-electron chi connectivity index (χ1n) is 8.74. The molecular weight excluding hydrogens is 390 g/mol. The number of rotatable bonds is 7. The molecule has 0 fully saturated rings. The van der Waals surface area contributed by atoms with Crippen molar-refractivity contribution in [3.63, 3.8) is 0 Å². The van der Waals surface area contributed by atoms with Crippen LogP contribution in [0.15, 0.2) is 62.4 Å². The topological polar surface area (TPSA) is 95.0 Å². The van der Waals surface area contributed by atoms with E-state index in [-0.39, 0.29) is 0 Å². The smallest absolute Gasteiger partial charge is 0.277 e. The van der Waals surface area contributed by atoms with Gasteiger partial charge in [-0.05, 0) is 37.3 Å². The molecule has 0 aliphatic rings. The Morgan fingerprint density at radius 3 is 2.59 bits per heavy atom. The largest absolute Gasteiger partial charge is 0.497 e. The second kappa shape index (κ2) is 9.83. The zero-order valence-corrected chi connectivity index (χ0v) is 17.4. The Bertz CT molecular complexity index is 1020. The summed E-state index contributed by atoms with van der Waals surface area (Å²) >= 11 is 1.41. The fourth-order valence-electron chi connectivity index (χ4n) is 2.48. The minimum absolute atomic E-state index is 0.460. The number of benzene rings is 1. The van der Waals surface area contributed by atoms with Crippen molar-refractivity contribution >= 4 is 23.3 Å². The molecule has 29 heavy (non-hydrogen) atoms. The van der Waals surface area contributed by atoms with Gasteiger partial charge < -0.3 is 13.9 Å². The Hall–Kier alpha value is -3.20. The van der Waals surface area contributed by atoms with Crippen LogP contribution in [0.3, 0.4) is 0 Å². The van der Waals surface area contributed by atoms with Crippen molar-refractivity contribution in [1.82, 2.24) is 15.2 Å². The molecule has 0 radical (unpaired) electrons. The van der Waals surface area contributed by atoms with Crippen LogP contribution in [0.1, 0.15) is 12.5 Å². The van der Waals surface area contributed by atoms with E-state index in [1.54, 1.807) is 33.7 Å². The van der Waals surface area contributed by atoms with Crippen LogP contribution in [-0.4, -0.2) is 53.7 Å². The lowest BCUT2D eigenvalue weighted by atomic mass is 10.1. The fraction of sp³-hybridized carbons (Fsp3) is 0.250. The van der Waals surface area contributed by atoms with E-state index in [1.165, 1.54) is 11.8 Å². The number of hydrogen-bond acceptors (Lipinski definition) is 8. The highest BCUT2D eigenvalue weighted by Gasteiger charge is 2.13. The maximum absolute atomic E-state index is 5.69. The summed E-state index contributed by atoms with van der Waals surface area (Å²) in [5.41, 5.74) is 2.44. The highest BCUT2D eigenvalue weighted by molar-refractivity contribution is 7.99. The standard InChI is InChI=1S/C20H21N5O3S/c1-13(12-29-20-25-24-19(28-20)14-7-9-22-10-8-14)23-18(21-2)16-11-15(26-3)5-6-17(16)27-4/h5-11H,12H2,1-4H3. The quantitative estimate of drug-likeness (QED) is 0.332. The second-order valence-electron chi connectivity index (χ2n) is 5.86. The monoisotopic (exact) mass is 411 g/mol. The Morgan fingerprint density at radius 1 is 1.10 bits per heavy atom. The van der Waals surface area contributed by atoms with Crippen LogP contribution in [0.2, 0.25) is 0 Å². The summed E-state index contributed by atoms with van der Waals surface area (Å²) in [6.07, 6.45) is 3.36. The van der Waals surface area contributed by atoms with Gasteiger partial charge in [-0.3, -0.25) is 9.98 Å². The van der Waals surface area contributed by atoms with Gasteiger partial charge in [-0.2, -0.15) is 0 Å². The molecule has 0 unspecified atom stereocenters. The highest BCUT2D eigenvalue weighted by atomic mass is 32.2. The van der Waals surface area contributed by atoms with E-state index >= 15 is 0 Å². The van der Waals surface area contributed by atoms with Gasteiger partial charge in [0.25, 0.3) is 5.22 Å². The van der Waals surface area contributed by atoms with Gasteiger partial charge in [0.15, 0.2) is 5.84 Å². The van der Waals surface area contributed by atoms with E-state index in [0.29, 0.717) is 34.2 Å². The molecule has 3 rings (SSSR count). The number of methoxy groups -OCH3 is 2. The molecule has 0 aliphatic heterocycles. The van der Waals surface area contributed by atoms with E-state index in [4.69, 9.17) is 13.9 Å². The zero-order valence-electron chi connectivity index (χ0n) is 16.6. The maximum atomic E-state index is 5.69. The zero-order chi connectivity index (χ0) is 20.6. The van der Waals surface area contributed by atoms with E-state index in [0.717, 1.165) is 16.8 Å². The number of hydrogen-bond donors (Lipinski definition) is 0. The first-order chi connectivity index (χ1) is 14.1. The minimum Gasteiger partial charge on any atom is -0.497 e. The van der Waals surface area contributed by atoms with Crippen molar-refractivity contribution in [2.45, 2.75) is 12.1 Å². The van der Waals surface area contributed by atoms with Gasteiger partial charge in [0, 0.05) is 36.5 Å². The Labute approximate surface area is 173 Å². The molecule has 0 bridgehead atoms. The minimum atomic E-state index is 0.460. The molecule has 8 nitrogen and oxygen atoms in total. The van der Waals surface area contributed by atoms with Crippen LogP contribution in [-0.2, 0) is 0 Å². The van der Waals surface area contributed by atoms with Crippen LogP contribution in [0, 0.1) is 0 Å². The molecule has 0 amide bonds. The van der Waals surface area contributed by atoms with Crippen LogP contribution >= 0.6 is 11.8 Å². The molecule has 0 N–H and O–H groups in total. The van der Waals surface area contributed by atoms with Crippen molar-refractivity contribution in [2.24, 2.45) is 9.98 Å². The van der Waals surface area contributed by atoms with Gasteiger partial charge in [0.1, 0.15) is 11.5 Å². The molecule has 150 valence electrons. The molecule has 0 saturated carbocycles. The van der Waals surface area contributed by atoms with Gasteiger partial charge in [-0.25, -0.2) is 4.99 Å². The fourth-order valence-corrected chi connectivity index (χ4v) is 3.11. The Kier molecular flexibility index (Phi) is 6.96. The number of thioether (sulfide) groups is 1. The maximum Gasteiger partial charge on any atom is 0.277 e. The van der Waals surface area contributed by atoms with E-state index in [2.05, 4.69) is 25.2 Å². The van der Waals surface area contributed by atoms with E-state index < -0.39 is 0 Å². The van der Waals surface area contributed by atoms with Crippen molar-refractivity contribution in [2.75, 3.05) is 27.0 Å². The number of ether oxygens (including phenoxy) is 2. The van der Waals surface area contributed by atoms with E-state index in [9.17, 15) is 0 Å². The summed E-state index contributed by atoms with van der Waals surface area (Å²) in [5.74, 6) is 2.97. The molecule has 0 atom stereocenters. The summed E-state index contributed by atoms with van der Waals surface area (Å²) in [4.78, 5) is 12.9. The first kappa shape index (κ1) is 20.5. The van der Waals surface area contributed by atoms with Crippen LogP contribution in [0.5, 0.6) is 11.5 Å². The lowest BCUT2D eigenvalue weighted by Gasteiger charge is -2.10. The Balaban J connectivity index is 1.72. The average molecular weight is 411 g/mol. The van der Waals surface area contributed by atoms with Crippen molar-refractivity contribution in [3.8, 4) is 23.0 Å². The van der Waals surface area contributed by atoms with Crippen LogP contribution in [0.25, 0.3) is 11.5 Å². The van der Waals surface area contributed by atoms with Gasteiger partial charge >= 0.3 is 0 Å². The molecule has 0 aliphatic carbocycles. The summed E-state index contributed by atoms with van der Waals surface area (Å²) in [6, 6.07) is 9.15. The molecule has 2 aromatic heterocycles. The van der Waals surface area contributed by atoms with Crippen molar-refractivity contribution < 1.29 is 13.9 Å². The molecular formula is C20H21N5O3S. The van der Waals surface area contributed by atoms with Crippen molar-refractivity contribution in [3.05, 3.63) is 48.3 Å². The molecule has 9 heteroatoms. The number of nitrogens with zero attached hydrogens (tertiary/aromatic N) is 5. The van der Waals surface area contributed by atoms with Gasteiger partial charge in [0.2, 0.25) is 5.89 Å². The number of pyridine rings is 1. The highest BCUT2D eigenvalue weighted by Crippen LogP contribution is 2.26. The normalized spacial score (nSPS) is 12.1. The molecule has 2 heterocycles. The third-order valence-corrected chi connectivity index (χ3v) is 4.87. The number of amidine groups is 1. The summed E-state index contributed by atoms with van der Waals surface area (Å²) in [5, 5.41) is 8.62. The summed E-state index contributed by atoms with van der Waals surface area (Å²) in [7, 11) is 4.92. The van der Waals surface area contributed by atoms with E-state index in [1.807, 2.05) is 37.3 Å². The van der Waals surface area contributed by atoms with Gasteiger partial charge in [0.05, 0.1) is 19.8 Å². The number of aliphatic imine (C=N–C) groups is 2. The van der Waals surface area contributed by atoms with Crippen LogP contribution in [0.4, 0.5) is 0 Å². The van der Waals surface area contributed by atoms with Crippen LogP contribution < -0.4 is 9.47 Å². The summed E-state index contributed by atoms with van der Waals surface area (Å²) < 4.78 is 16.4. The average Bonchev–Trinajstić information content (AvgIpc) is 3.25. The SMILES string of the molecule is CN=C(N=C(C)CSc1nnc(-c2ccncc2)o1)c1cc(OC)ccc1OC. The predicted molar refractivity (Wildman–Crippen MR) is 113 cm³/mol. The molecule has 0 saturated heterocycles. The third-order valence-electron chi connectivity index (χ3n) is 3.89. The second-order valence-corrected chi connectivity index (χ2v) is 6.78. The van der Waals surface area contributed by atoms with Crippen molar-refractivity contribution in [1.29, 1.82) is 0 Å².